The minimum atomic E-state index is -0.335. The van der Waals surface area contributed by atoms with Crippen LogP contribution in [0.1, 0.15) is 16.1 Å². The fourth-order valence-corrected chi connectivity index (χ4v) is 2.37. The van der Waals surface area contributed by atoms with E-state index in [1.165, 1.54) is 0 Å². The lowest BCUT2D eigenvalue weighted by Crippen LogP contribution is -2.15. The van der Waals surface area contributed by atoms with Crippen LogP contribution in [-0.4, -0.2) is 30.2 Å². The number of carbonyl (C=O) groups is 1. The van der Waals surface area contributed by atoms with Gasteiger partial charge in [-0.25, -0.2) is 0 Å². The summed E-state index contributed by atoms with van der Waals surface area (Å²) in [6, 6.07) is 19.9. The maximum Gasteiger partial charge on any atom is 0.276 e. The predicted molar refractivity (Wildman–Crippen MR) is 105 cm³/mol. The van der Waals surface area contributed by atoms with Gasteiger partial charge >= 0.3 is 0 Å². The highest BCUT2D eigenvalue weighted by molar-refractivity contribution is 6.02. The summed E-state index contributed by atoms with van der Waals surface area (Å²) in [6.07, 6.45) is 0. The van der Waals surface area contributed by atoms with E-state index >= 15 is 0 Å². The summed E-state index contributed by atoms with van der Waals surface area (Å²) >= 11 is 0. The molecule has 7 nitrogen and oxygen atoms in total. The molecule has 0 atom stereocenters. The van der Waals surface area contributed by atoms with Crippen molar-refractivity contribution < 1.29 is 4.79 Å². The molecule has 1 aromatic heterocycles. The molecule has 0 fully saturated rings. The third-order valence-corrected chi connectivity index (χ3v) is 3.80. The summed E-state index contributed by atoms with van der Waals surface area (Å²) in [7, 11) is 3.91. The van der Waals surface area contributed by atoms with Crippen molar-refractivity contribution in [3.63, 3.8) is 0 Å². The molecule has 0 spiro atoms. The monoisotopic (exact) mass is 358 g/mol. The highest BCUT2D eigenvalue weighted by atomic mass is 16.1. The van der Waals surface area contributed by atoms with Crippen molar-refractivity contribution in [3.8, 4) is 6.07 Å². The second-order valence-electron chi connectivity index (χ2n) is 6.02. The van der Waals surface area contributed by atoms with Gasteiger partial charge in [0.1, 0.15) is 0 Å². The highest BCUT2D eigenvalue weighted by Gasteiger charge is 2.09. The molecular weight excluding hydrogens is 340 g/mol. The average molecular weight is 358 g/mol. The molecule has 0 aliphatic carbocycles. The van der Waals surface area contributed by atoms with E-state index in [4.69, 9.17) is 5.26 Å². The Balaban J connectivity index is 1.65. The van der Waals surface area contributed by atoms with Gasteiger partial charge < -0.3 is 15.5 Å². The van der Waals surface area contributed by atoms with E-state index in [0.717, 1.165) is 11.4 Å². The fourth-order valence-electron chi connectivity index (χ4n) is 2.37. The van der Waals surface area contributed by atoms with Gasteiger partial charge in [-0.1, -0.05) is 6.07 Å². The third kappa shape index (κ3) is 4.58. The minimum absolute atomic E-state index is 0.211. The number of rotatable bonds is 5. The number of anilines is 4. The van der Waals surface area contributed by atoms with Crippen LogP contribution >= 0.6 is 0 Å². The highest BCUT2D eigenvalue weighted by Crippen LogP contribution is 2.17. The second kappa shape index (κ2) is 7.97. The molecule has 0 aliphatic rings. The van der Waals surface area contributed by atoms with Crippen molar-refractivity contribution in [3.05, 3.63) is 71.9 Å². The maximum absolute atomic E-state index is 12.3. The van der Waals surface area contributed by atoms with E-state index in [0.29, 0.717) is 17.1 Å². The summed E-state index contributed by atoms with van der Waals surface area (Å²) in [4.78, 5) is 14.3. The van der Waals surface area contributed by atoms with E-state index < -0.39 is 0 Å². The number of aromatic nitrogens is 2. The largest absolute Gasteiger partial charge is 0.378 e. The first-order valence-electron chi connectivity index (χ1n) is 8.25. The van der Waals surface area contributed by atoms with Crippen molar-refractivity contribution >= 4 is 28.8 Å². The molecule has 7 heteroatoms. The lowest BCUT2D eigenvalue weighted by molar-refractivity contribution is 0.102. The number of carbonyl (C=O) groups excluding carboxylic acids is 1. The fraction of sp³-hybridized carbons (Fsp3) is 0.100. The summed E-state index contributed by atoms with van der Waals surface area (Å²) in [5.41, 5.74) is 3.21. The van der Waals surface area contributed by atoms with Crippen molar-refractivity contribution in [1.82, 2.24) is 10.2 Å². The Kier molecular flexibility index (Phi) is 5.28. The molecule has 1 amide bonds. The van der Waals surface area contributed by atoms with Crippen LogP contribution in [0.15, 0.2) is 60.7 Å². The molecule has 0 saturated carbocycles. The molecule has 1 heterocycles. The van der Waals surface area contributed by atoms with Gasteiger partial charge in [0.05, 0.1) is 11.6 Å². The van der Waals surface area contributed by atoms with Gasteiger partial charge in [-0.05, 0) is 54.6 Å². The summed E-state index contributed by atoms with van der Waals surface area (Å²) < 4.78 is 0. The SMILES string of the molecule is CN(C)c1ccc(NC(=O)c2ccc(Nc3cccc(C#N)c3)nn2)cc1. The Hall–Kier alpha value is -3.92. The Morgan fingerprint density at radius 1 is 1.00 bits per heavy atom. The van der Waals surface area contributed by atoms with Crippen LogP contribution in [0.5, 0.6) is 0 Å². The number of nitriles is 1. The number of hydrogen-bond acceptors (Lipinski definition) is 6. The van der Waals surface area contributed by atoms with Crippen molar-refractivity contribution in [1.29, 1.82) is 5.26 Å². The molecule has 2 N–H and O–H groups in total. The smallest absolute Gasteiger partial charge is 0.276 e. The molecule has 0 aliphatic heterocycles. The Morgan fingerprint density at radius 3 is 2.41 bits per heavy atom. The molecule has 0 bridgehead atoms. The zero-order chi connectivity index (χ0) is 19.2. The van der Waals surface area contributed by atoms with Crippen molar-refractivity contribution in [2.24, 2.45) is 0 Å². The van der Waals surface area contributed by atoms with Crippen molar-refractivity contribution in [2.45, 2.75) is 0 Å². The molecular formula is C20H18N6O. The van der Waals surface area contributed by atoms with Crippen LogP contribution in [0.3, 0.4) is 0 Å². The topological polar surface area (TPSA) is 93.9 Å². The van der Waals surface area contributed by atoms with E-state index in [2.05, 4.69) is 26.9 Å². The van der Waals surface area contributed by atoms with Crippen LogP contribution in [-0.2, 0) is 0 Å². The number of benzene rings is 2. The van der Waals surface area contributed by atoms with Crippen LogP contribution in [0.2, 0.25) is 0 Å². The molecule has 3 rings (SSSR count). The molecule has 3 aromatic rings. The van der Waals surface area contributed by atoms with E-state index in [1.54, 1.807) is 30.3 Å². The molecule has 134 valence electrons. The standard InChI is InChI=1S/C20H18N6O/c1-26(2)17-8-6-15(7-9-17)23-20(27)18-10-11-19(25-24-18)22-16-5-3-4-14(12-16)13-21/h3-12H,1-2H3,(H,22,25)(H,23,27). The zero-order valence-corrected chi connectivity index (χ0v) is 15.0. The summed E-state index contributed by atoms with van der Waals surface area (Å²) in [6.45, 7) is 0. The molecule has 2 aromatic carbocycles. The number of hydrogen-bond donors (Lipinski definition) is 2. The van der Waals surface area contributed by atoms with Gasteiger partial charge in [-0.3, -0.25) is 4.79 Å². The van der Waals surface area contributed by atoms with Gasteiger partial charge in [-0.15, -0.1) is 10.2 Å². The predicted octanol–water partition coefficient (Wildman–Crippen LogP) is 3.41. The summed E-state index contributed by atoms with van der Waals surface area (Å²) in [5.74, 6) is 0.148. The molecule has 27 heavy (non-hydrogen) atoms. The quantitative estimate of drug-likeness (QED) is 0.726. The van der Waals surface area contributed by atoms with Gasteiger partial charge in [-0.2, -0.15) is 5.26 Å². The van der Waals surface area contributed by atoms with E-state index in [9.17, 15) is 4.79 Å². The third-order valence-electron chi connectivity index (χ3n) is 3.80. The normalized spacial score (nSPS) is 9.96. The van der Waals surface area contributed by atoms with Crippen LogP contribution < -0.4 is 15.5 Å². The van der Waals surface area contributed by atoms with Gasteiger partial charge in [0.25, 0.3) is 5.91 Å². The number of nitrogens with one attached hydrogen (secondary N) is 2. The van der Waals surface area contributed by atoms with Crippen molar-refractivity contribution in [2.75, 3.05) is 29.6 Å². The average Bonchev–Trinajstić information content (AvgIpc) is 2.69. The lowest BCUT2D eigenvalue weighted by atomic mass is 10.2. The molecule has 0 unspecified atom stereocenters. The second-order valence-corrected chi connectivity index (χ2v) is 6.02. The number of amides is 1. The van der Waals surface area contributed by atoms with Gasteiger partial charge in [0.15, 0.2) is 11.5 Å². The van der Waals surface area contributed by atoms with Crippen LogP contribution in [0.25, 0.3) is 0 Å². The zero-order valence-electron chi connectivity index (χ0n) is 15.0. The van der Waals surface area contributed by atoms with E-state index in [1.807, 2.05) is 49.3 Å². The summed E-state index contributed by atoms with van der Waals surface area (Å²) in [5, 5.41) is 22.8. The van der Waals surface area contributed by atoms with Crippen LogP contribution in [0, 0.1) is 11.3 Å². The minimum Gasteiger partial charge on any atom is -0.378 e. The van der Waals surface area contributed by atoms with Gasteiger partial charge in [0, 0.05) is 31.2 Å². The Labute approximate surface area is 157 Å². The number of nitrogens with zero attached hydrogens (tertiary/aromatic N) is 4. The Morgan fingerprint density at radius 2 is 1.78 bits per heavy atom. The van der Waals surface area contributed by atoms with Gasteiger partial charge in [0.2, 0.25) is 0 Å². The molecule has 0 radical (unpaired) electrons. The van der Waals surface area contributed by atoms with E-state index in [-0.39, 0.29) is 11.6 Å². The maximum atomic E-state index is 12.3. The van der Waals surface area contributed by atoms with Crippen LogP contribution in [0.4, 0.5) is 22.9 Å². The first-order valence-corrected chi connectivity index (χ1v) is 8.25. The Bertz CT molecular complexity index is 975. The lowest BCUT2D eigenvalue weighted by Gasteiger charge is -2.13. The molecule has 0 saturated heterocycles. The first kappa shape index (κ1) is 17.9. The first-order chi connectivity index (χ1) is 13.0.